The Morgan fingerprint density at radius 1 is 1.24 bits per heavy atom. The van der Waals surface area contributed by atoms with Crippen LogP contribution in [0.3, 0.4) is 0 Å². The normalized spacial score (nSPS) is 10.5. The lowest BCUT2D eigenvalue weighted by Gasteiger charge is -2.07. The van der Waals surface area contributed by atoms with Crippen molar-refractivity contribution < 1.29 is 0 Å². The van der Waals surface area contributed by atoms with Crippen molar-refractivity contribution in [1.29, 1.82) is 0 Å². The molecule has 0 aliphatic carbocycles. The Kier molecular flexibility index (Phi) is 3.72. The molecule has 1 aromatic heterocycles. The second-order valence-electron chi connectivity index (χ2n) is 3.81. The predicted molar refractivity (Wildman–Crippen MR) is 67.4 cm³/mol. The monoisotopic (exact) mass is 231 g/mol. The van der Waals surface area contributed by atoms with Gasteiger partial charge in [0.15, 0.2) is 0 Å². The average Bonchev–Trinajstić information content (AvgIpc) is 2.84. The van der Waals surface area contributed by atoms with Crippen molar-refractivity contribution in [2.24, 2.45) is 5.73 Å². The summed E-state index contributed by atoms with van der Waals surface area (Å²) < 4.78 is 1.83. The van der Waals surface area contributed by atoms with Gasteiger partial charge in [-0.25, -0.2) is 4.68 Å². The number of rotatable bonds is 5. The summed E-state index contributed by atoms with van der Waals surface area (Å²) in [6.07, 6.45) is 1.73. The van der Waals surface area contributed by atoms with Crippen LogP contribution in [0.4, 0.5) is 5.82 Å². The van der Waals surface area contributed by atoms with Gasteiger partial charge in [0.05, 0.1) is 6.20 Å². The molecule has 5 heteroatoms. The topological polar surface area (TPSA) is 68.8 Å². The third-order valence-electron chi connectivity index (χ3n) is 2.65. The lowest BCUT2D eigenvalue weighted by Crippen LogP contribution is -2.07. The van der Waals surface area contributed by atoms with E-state index in [1.54, 1.807) is 6.20 Å². The maximum atomic E-state index is 5.55. The van der Waals surface area contributed by atoms with Crippen LogP contribution in [0.1, 0.15) is 18.1 Å². The van der Waals surface area contributed by atoms with Gasteiger partial charge in [-0.3, -0.25) is 0 Å². The van der Waals surface area contributed by atoms with Gasteiger partial charge in [0, 0.05) is 19.6 Å². The van der Waals surface area contributed by atoms with Gasteiger partial charge in [0.25, 0.3) is 0 Å². The maximum absolute atomic E-state index is 5.55. The molecule has 1 aromatic carbocycles. The Bertz CT molecular complexity index is 460. The van der Waals surface area contributed by atoms with Crippen LogP contribution in [0.5, 0.6) is 0 Å². The summed E-state index contributed by atoms with van der Waals surface area (Å²) in [5.41, 5.74) is 7.91. The minimum Gasteiger partial charge on any atom is -0.365 e. The highest BCUT2D eigenvalue weighted by molar-refractivity contribution is 5.33. The molecule has 1 heterocycles. The smallest absolute Gasteiger partial charge is 0.145 e. The van der Waals surface area contributed by atoms with Gasteiger partial charge in [0.1, 0.15) is 5.82 Å². The molecular formula is C12H17N5. The number of benzene rings is 1. The van der Waals surface area contributed by atoms with Gasteiger partial charge in [-0.05, 0) is 18.1 Å². The van der Waals surface area contributed by atoms with E-state index in [-0.39, 0.29) is 0 Å². The standard InChI is InChI=1S/C12H17N5/c1-2-17-12(9-15-16-17)14-8-11-5-3-10(7-13)4-6-11/h3-6,9,14H,2,7-8,13H2,1H3. The number of aryl methyl sites for hydroxylation is 1. The zero-order valence-corrected chi connectivity index (χ0v) is 9.93. The van der Waals surface area contributed by atoms with Crippen LogP contribution in [-0.2, 0) is 19.6 Å². The highest BCUT2D eigenvalue weighted by Crippen LogP contribution is 2.08. The van der Waals surface area contributed by atoms with Gasteiger partial charge in [-0.15, -0.1) is 5.10 Å². The molecule has 0 atom stereocenters. The first-order valence-electron chi connectivity index (χ1n) is 5.73. The van der Waals surface area contributed by atoms with Crippen LogP contribution in [0.15, 0.2) is 30.5 Å². The molecule has 5 nitrogen and oxygen atoms in total. The van der Waals surface area contributed by atoms with Crippen LogP contribution in [0, 0.1) is 0 Å². The third kappa shape index (κ3) is 2.82. The van der Waals surface area contributed by atoms with E-state index in [1.807, 2.05) is 23.7 Å². The minimum absolute atomic E-state index is 0.584. The summed E-state index contributed by atoms with van der Waals surface area (Å²) in [6.45, 7) is 4.20. The first-order valence-corrected chi connectivity index (χ1v) is 5.73. The number of aromatic nitrogens is 3. The molecule has 0 saturated carbocycles. The molecule has 0 saturated heterocycles. The first kappa shape index (κ1) is 11.6. The highest BCUT2D eigenvalue weighted by atomic mass is 15.4. The average molecular weight is 231 g/mol. The summed E-state index contributed by atoms with van der Waals surface area (Å²) in [5, 5.41) is 11.1. The van der Waals surface area contributed by atoms with Crippen molar-refractivity contribution >= 4 is 5.82 Å². The van der Waals surface area contributed by atoms with E-state index < -0.39 is 0 Å². The summed E-state index contributed by atoms with van der Waals surface area (Å²) in [5.74, 6) is 0.940. The van der Waals surface area contributed by atoms with Crippen molar-refractivity contribution in [3.8, 4) is 0 Å². The van der Waals surface area contributed by atoms with Crippen molar-refractivity contribution in [2.45, 2.75) is 26.6 Å². The molecule has 0 aliphatic rings. The molecule has 0 bridgehead atoms. The zero-order valence-electron chi connectivity index (χ0n) is 9.93. The Morgan fingerprint density at radius 2 is 1.94 bits per heavy atom. The number of anilines is 1. The van der Waals surface area contributed by atoms with E-state index in [9.17, 15) is 0 Å². The van der Waals surface area contributed by atoms with Gasteiger partial charge in [0.2, 0.25) is 0 Å². The lowest BCUT2D eigenvalue weighted by molar-refractivity contribution is 0.630. The molecule has 17 heavy (non-hydrogen) atoms. The molecule has 2 aromatic rings. The van der Waals surface area contributed by atoms with Crippen molar-refractivity contribution in [2.75, 3.05) is 5.32 Å². The van der Waals surface area contributed by atoms with Crippen molar-refractivity contribution in [3.05, 3.63) is 41.6 Å². The van der Waals surface area contributed by atoms with Crippen molar-refractivity contribution in [1.82, 2.24) is 15.0 Å². The molecule has 0 unspecified atom stereocenters. The summed E-state index contributed by atoms with van der Waals surface area (Å²) >= 11 is 0. The molecule has 0 fully saturated rings. The summed E-state index contributed by atoms with van der Waals surface area (Å²) in [7, 11) is 0. The highest BCUT2D eigenvalue weighted by Gasteiger charge is 2.00. The van der Waals surface area contributed by atoms with E-state index in [4.69, 9.17) is 5.73 Å². The molecule has 0 radical (unpaired) electrons. The minimum atomic E-state index is 0.584. The molecule has 0 spiro atoms. The molecule has 2 rings (SSSR count). The van der Waals surface area contributed by atoms with E-state index in [0.717, 1.165) is 24.5 Å². The second kappa shape index (κ2) is 5.45. The fourth-order valence-corrected chi connectivity index (χ4v) is 1.61. The second-order valence-corrected chi connectivity index (χ2v) is 3.81. The van der Waals surface area contributed by atoms with E-state index in [2.05, 4.69) is 27.8 Å². The third-order valence-corrected chi connectivity index (χ3v) is 2.65. The maximum Gasteiger partial charge on any atom is 0.145 e. The molecule has 0 aliphatic heterocycles. The van der Waals surface area contributed by atoms with Gasteiger partial charge < -0.3 is 11.1 Å². The Morgan fingerprint density at radius 3 is 2.59 bits per heavy atom. The van der Waals surface area contributed by atoms with Gasteiger partial charge in [-0.2, -0.15) is 0 Å². The number of nitrogens with zero attached hydrogens (tertiary/aromatic N) is 3. The SMILES string of the molecule is CCn1nncc1NCc1ccc(CN)cc1. The van der Waals surface area contributed by atoms with E-state index >= 15 is 0 Å². The van der Waals surface area contributed by atoms with Crippen molar-refractivity contribution in [3.63, 3.8) is 0 Å². The van der Waals surface area contributed by atoms with Crippen LogP contribution in [0.25, 0.3) is 0 Å². The fourth-order valence-electron chi connectivity index (χ4n) is 1.61. The quantitative estimate of drug-likeness (QED) is 0.815. The zero-order chi connectivity index (χ0) is 12.1. The fraction of sp³-hybridized carbons (Fsp3) is 0.333. The molecule has 3 N–H and O–H groups in total. The van der Waals surface area contributed by atoms with Crippen LogP contribution in [0.2, 0.25) is 0 Å². The Labute approximate surface area is 101 Å². The Hall–Kier alpha value is -1.88. The van der Waals surface area contributed by atoms with Gasteiger partial charge >= 0.3 is 0 Å². The summed E-state index contributed by atoms with van der Waals surface area (Å²) in [4.78, 5) is 0. The largest absolute Gasteiger partial charge is 0.365 e. The van der Waals surface area contributed by atoms with Crippen LogP contribution >= 0.6 is 0 Å². The number of hydrogen-bond acceptors (Lipinski definition) is 4. The van der Waals surface area contributed by atoms with Gasteiger partial charge in [-0.1, -0.05) is 29.5 Å². The molecule has 0 amide bonds. The van der Waals surface area contributed by atoms with E-state index in [1.165, 1.54) is 5.56 Å². The molecular weight excluding hydrogens is 214 g/mol. The number of nitrogens with two attached hydrogens (primary N) is 1. The van der Waals surface area contributed by atoms with E-state index in [0.29, 0.717) is 6.54 Å². The predicted octanol–water partition coefficient (Wildman–Crippen LogP) is 1.37. The first-order chi connectivity index (χ1) is 8.33. The summed E-state index contributed by atoms with van der Waals surface area (Å²) in [6, 6.07) is 8.25. The Balaban J connectivity index is 1.97. The van der Waals surface area contributed by atoms with Crippen LogP contribution in [-0.4, -0.2) is 15.0 Å². The molecule has 90 valence electrons. The number of nitrogens with one attached hydrogen (secondary N) is 1. The lowest BCUT2D eigenvalue weighted by atomic mass is 10.1. The van der Waals surface area contributed by atoms with Crippen LogP contribution < -0.4 is 11.1 Å². The number of hydrogen-bond donors (Lipinski definition) is 2.